The minimum atomic E-state index is -1.21. The number of likely N-dealkylation sites (N-methyl/N-ethyl adjacent to an activating group) is 1. The van der Waals surface area contributed by atoms with Crippen LogP contribution in [0.2, 0.25) is 0 Å². The fourth-order valence-electron chi connectivity index (χ4n) is 1.58. The molecule has 0 aromatic carbocycles. The number of carboxylic acids is 1. The summed E-state index contributed by atoms with van der Waals surface area (Å²) in [5.74, 6) is -1.74. The predicted octanol–water partition coefficient (Wildman–Crippen LogP) is 0.623. The molecule has 0 saturated carbocycles. The highest BCUT2D eigenvalue weighted by Gasteiger charge is 2.24. The third-order valence-corrected chi connectivity index (χ3v) is 2.21. The molecule has 0 unspecified atom stereocenters. The van der Waals surface area contributed by atoms with Crippen LogP contribution in [0.3, 0.4) is 0 Å². The second kappa shape index (κ2) is 5.14. The summed E-state index contributed by atoms with van der Waals surface area (Å²) >= 11 is 0. The molecule has 0 fully saturated rings. The monoisotopic (exact) mass is 252 g/mol. The number of carboxylic acid groups (broad SMARTS) is 1. The van der Waals surface area contributed by atoms with Gasteiger partial charge in [-0.3, -0.25) is 9.78 Å². The lowest BCUT2D eigenvalue weighted by molar-refractivity contribution is 0.0363. The molecular weight excluding hydrogens is 236 g/mol. The van der Waals surface area contributed by atoms with Crippen LogP contribution >= 0.6 is 0 Å². The number of hydrogen-bond donors (Lipinski definition) is 2. The molecule has 0 aliphatic rings. The van der Waals surface area contributed by atoms with Crippen molar-refractivity contribution in [3.8, 4) is 0 Å². The first-order valence-electron chi connectivity index (χ1n) is 5.38. The van der Waals surface area contributed by atoms with E-state index in [9.17, 15) is 14.7 Å². The minimum absolute atomic E-state index is 0.0848. The van der Waals surface area contributed by atoms with Gasteiger partial charge in [-0.2, -0.15) is 0 Å². The zero-order valence-electron chi connectivity index (χ0n) is 10.5. The molecule has 1 amide bonds. The summed E-state index contributed by atoms with van der Waals surface area (Å²) in [5, 5.41) is 18.6. The maximum Gasteiger partial charge on any atom is 0.338 e. The lowest BCUT2D eigenvalue weighted by Crippen LogP contribution is -2.40. The zero-order valence-corrected chi connectivity index (χ0v) is 10.5. The van der Waals surface area contributed by atoms with Gasteiger partial charge < -0.3 is 15.1 Å². The normalized spacial score (nSPS) is 11.1. The van der Waals surface area contributed by atoms with Gasteiger partial charge in [-0.05, 0) is 26.0 Å². The SMILES string of the molecule is CN(CC(C)(C)O)C(=O)c1ncccc1C(=O)O. The van der Waals surface area contributed by atoms with Crippen LogP contribution < -0.4 is 0 Å². The topological polar surface area (TPSA) is 90.7 Å². The molecule has 0 spiro atoms. The molecule has 1 heterocycles. The van der Waals surface area contributed by atoms with Gasteiger partial charge in [0.2, 0.25) is 0 Å². The van der Waals surface area contributed by atoms with Crippen molar-refractivity contribution in [2.24, 2.45) is 0 Å². The molecule has 0 saturated heterocycles. The average molecular weight is 252 g/mol. The van der Waals surface area contributed by atoms with Gasteiger partial charge in [-0.15, -0.1) is 0 Å². The third kappa shape index (κ3) is 3.53. The first-order valence-corrected chi connectivity index (χ1v) is 5.38. The van der Waals surface area contributed by atoms with Crippen LogP contribution in [0.25, 0.3) is 0 Å². The smallest absolute Gasteiger partial charge is 0.338 e. The van der Waals surface area contributed by atoms with E-state index in [0.717, 1.165) is 0 Å². The van der Waals surface area contributed by atoms with Crippen LogP contribution in [0, 0.1) is 0 Å². The zero-order chi connectivity index (χ0) is 13.9. The second-order valence-electron chi connectivity index (χ2n) is 4.68. The fourth-order valence-corrected chi connectivity index (χ4v) is 1.58. The third-order valence-electron chi connectivity index (χ3n) is 2.21. The molecular formula is C12H16N2O4. The number of hydrogen-bond acceptors (Lipinski definition) is 4. The van der Waals surface area contributed by atoms with Crippen molar-refractivity contribution in [2.75, 3.05) is 13.6 Å². The van der Waals surface area contributed by atoms with Crippen LogP contribution in [0.5, 0.6) is 0 Å². The molecule has 0 atom stereocenters. The molecule has 18 heavy (non-hydrogen) atoms. The highest BCUT2D eigenvalue weighted by atomic mass is 16.4. The summed E-state index contributed by atoms with van der Waals surface area (Å²) in [7, 11) is 1.49. The Morgan fingerprint density at radius 3 is 2.56 bits per heavy atom. The van der Waals surface area contributed by atoms with Gasteiger partial charge in [0.1, 0.15) is 5.69 Å². The van der Waals surface area contributed by atoms with Gasteiger partial charge >= 0.3 is 5.97 Å². The Labute approximate surface area is 105 Å². The minimum Gasteiger partial charge on any atom is -0.478 e. The molecule has 0 bridgehead atoms. The van der Waals surface area contributed by atoms with E-state index in [1.807, 2.05) is 0 Å². The first-order chi connectivity index (χ1) is 8.22. The number of aromatic nitrogens is 1. The predicted molar refractivity (Wildman–Crippen MR) is 64.5 cm³/mol. The number of carbonyl (C=O) groups is 2. The number of nitrogens with zero attached hydrogens (tertiary/aromatic N) is 2. The van der Waals surface area contributed by atoms with E-state index in [4.69, 9.17) is 5.11 Å². The van der Waals surface area contributed by atoms with Crippen molar-refractivity contribution in [3.63, 3.8) is 0 Å². The van der Waals surface area contributed by atoms with Crippen molar-refractivity contribution >= 4 is 11.9 Å². The highest BCUT2D eigenvalue weighted by Crippen LogP contribution is 2.11. The van der Waals surface area contributed by atoms with Gasteiger partial charge in [0.15, 0.2) is 0 Å². The molecule has 2 N–H and O–H groups in total. The van der Waals surface area contributed by atoms with Crippen molar-refractivity contribution < 1.29 is 19.8 Å². The molecule has 0 radical (unpaired) electrons. The molecule has 1 rings (SSSR count). The summed E-state index contributed by atoms with van der Waals surface area (Å²) < 4.78 is 0. The molecule has 6 nitrogen and oxygen atoms in total. The number of amides is 1. The summed E-state index contributed by atoms with van der Waals surface area (Å²) in [6.45, 7) is 3.21. The van der Waals surface area contributed by atoms with E-state index in [1.54, 1.807) is 13.8 Å². The number of carbonyl (C=O) groups excluding carboxylic acids is 1. The molecule has 6 heteroatoms. The molecule has 0 aliphatic carbocycles. The molecule has 1 aromatic heterocycles. The molecule has 0 aliphatic heterocycles. The Hall–Kier alpha value is -1.95. The fraction of sp³-hybridized carbons (Fsp3) is 0.417. The number of pyridine rings is 1. The van der Waals surface area contributed by atoms with Gasteiger partial charge in [0.05, 0.1) is 11.2 Å². The van der Waals surface area contributed by atoms with E-state index in [1.165, 1.54) is 30.3 Å². The maximum atomic E-state index is 12.0. The van der Waals surface area contributed by atoms with Crippen LogP contribution in [-0.2, 0) is 0 Å². The summed E-state index contributed by atoms with van der Waals surface area (Å²) in [5.41, 5.74) is -1.33. The number of aromatic carboxylic acids is 1. The highest BCUT2D eigenvalue weighted by molar-refractivity contribution is 6.03. The van der Waals surface area contributed by atoms with Gasteiger partial charge in [-0.25, -0.2) is 4.79 Å². The molecule has 1 aromatic rings. The van der Waals surface area contributed by atoms with Crippen molar-refractivity contribution in [1.29, 1.82) is 0 Å². The van der Waals surface area contributed by atoms with E-state index in [0.29, 0.717) is 0 Å². The van der Waals surface area contributed by atoms with Crippen molar-refractivity contribution in [2.45, 2.75) is 19.4 Å². The van der Waals surface area contributed by atoms with Gasteiger partial charge in [0.25, 0.3) is 5.91 Å². The summed E-state index contributed by atoms with van der Waals surface area (Å²) in [4.78, 5) is 28.1. The van der Waals surface area contributed by atoms with E-state index in [2.05, 4.69) is 4.98 Å². The van der Waals surface area contributed by atoms with Gasteiger partial charge in [0, 0.05) is 19.8 Å². The van der Waals surface area contributed by atoms with E-state index in [-0.39, 0.29) is 17.8 Å². The van der Waals surface area contributed by atoms with Crippen molar-refractivity contribution in [3.05, 3.63) is 29.6 Å². The van der Waals surface area contributed by atoms with Crippen molar-refractivity contribution in [1.82, 2.24) is 9.88 Å². The average Bonchev–Trinajstić information content (AvgIpc) is 2.25. The second-order valence-corrected chi connectivity index (χ2v) is 4.68. The van der Waals surface area contributed by atoms with E-state index >= 15 is 0 Å². The lowest BCUT2D eigenvalue weighted by atomic mass is 10.1. The summed E-state index contributed by atoms with van der Waals surface area (Å²) in [6.07, 6.45) is 1.36. The Morgan fingerprint density at radius 2 is 2.06 bits per heavy atom. The van der Waals surface area contributed by atoms with E-state index < -0.39 is 17.5 Å². The first kappa shape index (κ1) is 14.1. The Bertz CT molecular complexity index is 465. The van der Waals surface area contributed by atoms with Gasteiger partial charge in [-0.1, -0.05) is 0 Å². The standard InChI is InChI=1S/C12H16N2O4/c1-12(2,18)7-14(3)10(15)9-8(11(16)17)5-4-6-13-9/h4-6,18H,7H2,1-3H3,(H,16,17). The lowest BCUT2D eigenvalue weighted by Gasteiger charge is -2.25. The summed E-state index contributed by atoms with van der Waals surface area (Å²) in [6, 6.07) is 2.77. The number of aliphatic hydroxyl groups is 1. The van der Waals surface area contributed by atoms with Crippen LogP contribution in [0.1, 0.15) is 34.7 Å². The quantitative estimate of drug-likeness (QED) is 0.819. The Morgan fingerprint density at radius 1 is 1.44 bits per heavy atom. The van der Waals surface area contributed by atoms with Crippen LogP contribution in [-0.4, -0.2) is 51.2 Å². The Balaban J connectivity index is 3.01. The Kier molecular flexibility index (Phi) is 4.03. The number of rotatable bonds is 4. The van der Waals surface area contributed by atoms with Crippen LogP contribution in [0.15, 0.2) is 18.3 Å². The van der Waals surface area contributed by atoms with Crippen LogP contribution in [0.4, 0.5) is 0 Å². The maximum absolute atomic E-state index is 12.0. The largest absolute Gasteiger partial charge is 0.478 e. The molecule has 98 valence electrons.